The molecule has 102 valence electrons. The SMILES string of the molecule is CCCC(C)[C@@H](O)C(C)[C@@H](O)C/C=C(\C)CO. The van der Waals surface area contributed by atoms with E-state index >= 15 is 0 Å². The Hall–Kier alpha value is -0.380. The molecule has 0 aliphatic carbocycles. The highest BCUT2D eigenvalue weighted by Crippen LogP contribution is 2.22. The maximum absolute atomic E-state index is 10.1. The summed E-state index contributed by atoms with van der Waals surface area (Å²) in [4.78, 5) is 0. The zero-order chi connectivity index (χ0) is 13.4. The molecule has 17 heavy (non-hydrogen) atoms. The van der Waals surface area contributed by atoms with Gasteiger partial charge in [-0.1, -0.05) is 38.8 Å². The first-order valence-electron chi connectivity index (χ1n) is 6.56. The molecule has 0 rings (SSSR count). The fraction of sp³-hybridized carbons (Fsp3) is 0.857. The van der Waals surface area contributed by atoms with Gasteiger partial charge in [-0.3, -0.25) is 0 Å². The van der Waals surface area contributed by atoms with Crippen molar-refractivity contribution in [2.75, 3.05) is 6.61 Å². The first kappa shape index (κ1) is 16.6. The number of aliphatic hydroxyl groups is 3. The van der Waals surface area contributed by atoms with Crippen molar-refractivity contribution in [2.45, 2.75) is 59.2 Å². The smallest absolute Gasteiger partial charge is 0.0639 e. The zero-order valence-electron chi connectivity index (χ0n) is 11.6. The van der Waals surface area contributed by atoms with Gasteiger partial charge in [0.15, 0.2) is 0 Å². The summed E-state index contributed by atoms with van der Waals surface area (Å²) in [5.74, 6) is 0.0758. The maximum Gasteiger partial charge on any atom is 0.0639 e. The third-order valence-corrected chi connectivity index (χ3v) is 3.43. The topological polar surface area (TPSA) is 60.7 Å². The summed E-state index contributed by atoms with van der Waals surface area (Å²) in [6.45, 7) is 7.84. The fourth-order valence-electron chi connectivity index (χ4n) is 1.97. The molecule has 0 bridgehead atoms. The van der Waals surface area contributed by atoms with Gasteiger partial charge in [0, 0.05) is 5.92 Å². The lowest BCUT2D eigenvalue weighted by Gasteiger charge is -2.28. The number of hydrogen-bond donors (Lipinski definition) is 3. The monoisotopic (exact) mass is 244 g/mol. The minimum absolute atomic E-state index is 0.0237. The molecule has 0 aliphatic rings. The molecule has 3 heteroatoms. The molecule has 0 heterocycles. The maximum atomic E-state index is 10.1. The highest BCUT2D eigenvalue weighted by Gasteiger charge is 2.25. The van der Waals surface area contributed by atoms with Crippen molar-refractivity contribution in [3.05, 3.63) is 11.6 Å². The Morgan fingerprint density at radius 3 is 2.29 bits per heavy atom. The molecule has 3 nitrogen and oxygen atoms in total. The lowest BCUT2D eigenvalue weighted by Crippen LogP contribution is -2.33. The third kappa shape index (κ3) is 6.20. The first-order valence-corrected chi connectivity index (χ1v) is 6.56. The molecular formula is C14H28O3. The van der Waals surface area contributed by atoms with Crippen molar-refractivity contribution in [1.29, 1.82) is 0 Å². The standard InChI is InChI=1S/C14H28O3/c1-5-6-11(3)14(17)12(4)13(16)8-7-10(2)9-15/h7,11-17H,5-6,8-9H2,1-4H3/b10-7+/t11?,12?,13-,14+/m0/s1. The van der Waals surface area contributed by atoms with Gasteiger partial charge in [-0.25, -0.2) is 0 Å². The molecule has 0 fully saturated rings. The van der Waals surface area contributed by atoms with Crippen molar-refractivity contribution in [3.63, 3.8) is 0 Å². The molecule has 2 unspecified atom stereocenters. The van der Waals surface area contributed by atoms with E-state index in [1.54, 1.807) is 0 Å². The largest absolute Gasteiger partial charge is 0.392 e. The number of aliphatic hydroxyl groups excluding tert-OH is 3. The van der Waals surface area contributed by atoms with Gasteiger partial charge < -0.3 is 15.3 Å². The minimum Gasteiger partial charge on any atom is -0.392 e. The van der Waals surface area contributed by atoms with Crippen molar-refractivity contribution in [3.8, 4) is 0 Å². The van der Waals surface area contributed by atoms with E-state index in [9.17, 15) is 10.2 Å². The molecule has 3 N–H and O–H groups in total. The van der Waals surface area contributed by atoms with Crippen LogP contribution < -0.4 is 0 Å². The summed E-state index contributed by atoms with van der Waals surface area (Å²) in [6.07, 6.45) is 3.33. The van der Waals surface area contributed by atoms with Crippen LogP contribution in [-0.2, 0) is 0 Å². The Morgan fingerprint density at radius 2 is 1.82 bits per heavy atom. The van der Waals surface area contributed by atoms with Gasteiger partial charge in [-0.15, -0.1) is 0 Å². The molecule has 0 saturated heterocycles. The van der Waals surface area contributed by atoms with Crippen molar-refractivity contribution < 1.29 is 15.3 Å². The molecule has 0 saturated carbocycles. The second kappa shape index (κ2) is 8.67. The Labute approximate surface area is 105 Å². The van der Waals surface area contributed by atoms with Gasteiger partial charge in [0.25, 0.3) is 0 Å². The molecule has 4 atom stereocenters. The molecule has 0 radical (unpaired) electrons. The molecule has 0 aromatic rings. The number of hydrogen-bond acceptors (Lipinski definition) is 3. The summed E-state index contributed by atoms with van der Waals surface area (Å²) in [5.41, 5.74) is 0.854. The van der Waals surface area contributed by atoms with E-state index in [1.807, 2.05) is 26.8 Å². The van der Waals surface area contributed by atoms with Crippen LogP contribution >= 0.6 is 0 Å². The van der Waals surface area contributed by atoms with E-state index in [-0.39, 0.29) is 18.4 Å². The van der Waals surface area contributed by atoms with E-state index < -0.39 is 12.2 Å². The molecule has 0 aromatic heterocycles. The predicted octanol–water partition coefficient (Wildman–Crippen LogP) is 2.11. The van der Waals surface area contributed by atoms with Gasteiger partial charge >= 0.3 is 0 Å². The lowest BCUT2D eigenvalue weighted by atomic mass is 9.86. The van der Waals surface area contributed by atoms with E-state index in [0.717, 1.165) is 18.4 Å². The lowest BCUT2D eigenvalue weighted by molar-refractivity contribution is -0.00683. The summed E-state index contributed by atoms with van der Waals surface area (Å²) in [7, 11) is 0. The van der Waals surface area contributed by atoms with Crippen LogP contribution in [0.2, 0.25) is 0 Å². The highest BCUT2D eigenvalue weighted by atomic mass is 16.3. The Morgan fingerprint density at radius 1 is 1.24 bits per heavy atom. The van der Waals surface area contributed by atoms with Crippen LogP contribution in [0.5, 0.6) is 0 Å². The second-order valence-corrected chi connectivity index (χ2v) is 5.13. The van der Waals surface area contributed by atoms with Gasteiger partial charge in [-0.05, 0) is 25.7 Å². The molecule has 0 amide bonds. The van der Waals surface area contributed by atoms with Crippen LogP contribution in [0, 0.1) is 11.8 Å². The van der Waals surface area contributed by atoms with E-state index in [2.05, 4.69) is 6.92 Å². The van der Waals surface area contributed by atoms with Crippen LogP contribution in [0.25, 0.3) is 0 Å². The average Bonchev–Trinajstić information content (AvgIpc) is 2.33. The van der Waals surface area contributed by atoms with Crippen LogP contribution in [0.1, 0.15) is 47.0 Å². The van der Waals surface area contributed by atoms with Crippen molar-refractivity contribution in [2.24, 2.45) is 11.8 Å². The minimum atomic E-state index is -0.550. The normalized spacial score (nSPS) is 19.8. The third-order valence-electron chi connectivity index (χ3n) is 3.43. The summed E-state index contributed by atoms with van der Waals surface area (Å²) in [5, 5.41) is 28.9. The van der Waals surface area contributed by atoms with E-state index in [1.165, 1.54) is 0 Å². The molecular weight excluding hydrogens is 216 g/mol. The summed E-state index contributed by atoms with van der Waals surface area (Å²) in [6, 6.07) is 0. The van der Waals surface area contributed by atoms with Gasteiger partial charge in [0.1, 0.15) is 0 Å². The fourth-order valence-corrected chi connectivity index (χ4v) is 1.97. The average molecular weight is 244 g/mol. The summed E-state index contributed by atoms with van der Waals surface area (Å²) < 4.78 is 0. The van der Waals surface area contributed by atoms with Crippen LogP contribution in [0.15, 0.2) is 11.6 Å². The second-order valence-electron chi connectivity index (χ2n) is 5.13. The molecule has 0 spiro atoms. The van der Waals surface area contributed by atoms with Crippen LogP contribution in [0.3, 0.4) is 0 Å². The van der Waals surface area contributed by atoms with Crippen LogP contribution in [0.4, 0.5) is 0 Å². The molecule has 0 aliphatic heterocycles. The van der Waals surface area contributed by atoms with E-state index in [4.69, 9.17) is 5.11 Å². The Balaban J connectivity index is 4.24. The highest BCUT2D eigenvalue weighted by molar-refractivity contribution is 4.99. The Kier molecular flexibility index (Phi) is 8.48. The first-order chi connectivity index (χ1) is 7.93. The molecule has 0 aromatic carbocycles. The predicted molar refractivity (Wildman–Crippen MR) is 70.7 cm³/mol. The van der Waals surface area contributed by atoms with Gasteiger partial charge in [0.2, 0.25) is 0 Å². The van der Waals surface area contributed by atoms with Crippen molar-refractivity contribution >= 4 is 0 Å². The van der Waals surface area contributed by atoms with Crippen LogP contribution in [-0.4, -0.2) is 34.1 Å². The summed E-state index contributed by atoms with van der Waals surface area (Å²) >= 11 is 0. The quantitative estimate of drug-likeness (QED) is 0.573. The zero-order valence-corrected chi connectivity index (χ0v) is 11.6. The Bertz CT molecular complexity index is 226. The van der Waals surface area contributed by atoms with Gasteiger partial charge in [0.05, 0.1) is 18.8 Å². The van der Waals surface area contributed by atoms with E-state index in [0.29, 0.717) is 6.42 Å². The van der Waals surface area contributed by atoms with Gasteiger partial charge in [-0.2, -0.15) is 0 Å². The van der Waals surface area contributed by atoms with Crippen molar-refractivity contribution in [1.82, 2.24) is 0 Å². The number of rotatable bonds is 8.